The molecule has 0 aliphatic rings. The van der Waals surface area contributed by atoms with Gasteiger partial charge in [-0.1, -0.05) is 41.9 Å². The van der Waals surface area contributed by atoms with E-state index in [0.29, 0.717) is 21.3 Å². The number of thiophene rings is 1. The minimum Gasteiger partial charge on any atom is -0.366 e. The van der Waals surface area contributed by atoms with E-state index in [1.165, 1.54) is 11.3 Å². The van der Waals surface area contributed by atoms with Crippen molar-refractivity contribution in [3.05, 3.63) is 88.4 Å². The molecule has 29 heavy (non-hydrogen) atoms. The summed E-state index contributed by atoms with van der Waals surface area (Å²) in [4.78, 5) is 24.6. The summed E-state index contributed by atoms with van der Waals surface area (Å²) in [6.45, 7) is 0. The molecule has 4 aromatic rings. The number of hydrogen-bond acceptors (Lipinski definition) is 4. The summed E-state index contributed by atoms with van der Waals surface area (Å²) < 4.78 is 1.64. The van der Waals surface area contributed by atoms with Gasteiger partial charge in [-0.3, -0.25) is 9.59 Å². The van der Waals surface area contributed by atoms with Crippen molar-refractivity contribution in [3.8, 4) is 16.9 Å². The molecule has 0 aliphatic carbocycles. The Hall–Kier alpha value is -3.42. The van der Waals surface area contributed by atoms with Gasteiger partial charge < -0.3 is 11.1 Å². The van der Waals surface area contributed by atoms with Crippen LogP contribution in [0, 0.1) is 0 Å². The predicted molar refractivity (Wildman–Crippen MR) is 115 cm³/mol. The van der Waals surface area contributed by atoms with Crippen molar-refractivity contribution in [1.29, 1.82) is 0 Å². The molecule has 2 aromatic heterocycles. The van der Waals surface area contributed by atoms with Crippen molar-refractivity contribution < 1.29 is 9.59 Å². The summed E-state index contributed by atoms with van der Waals surface area (Å²) in [7, 11) is 0. The number of nitrogens with one attached hydrogen (secondary N) is 1. The topological polar surface area (TPSA) is 90.0 Å². The summed E-state index contributed by atoms with van der Waals surface area (Å²) in [6.07, 6.45) is 1.66. The van der Waals surface area contributed by atoms with Gasteiger partial charge in [0.05, 0.1) is 16.8 Å². The average Bonchev–Trinajstić information content (AvgIpc) is 3.36. The third-order valence-corrected chi connectivity index (χ3v) is 5.34. The first kappa shape index (κ1) is 18.9. The first-order valence-electron chi connectivity index (χ1n) is 8.62. The van der Waals surface area contributed by atoms with E-state index in [4.69, 9.17) is 17.3 Å². The zero-order chi connectivity index (χ0) is 20.4. The maximum absolute atomic E-state index is 13.1. The van der Waals surface area contributed by atoms with Gasteiger partial charge in [-0.15, -0.1) is 11.3 Å². The highest BCUT2D eigenvalue weighted by Crippen LogP contribution is 2.28. The Morgan fingerprint density at radius 2 is 1.72 bits per heavy atom. The molecule has 0 bridgehead atoms. The van der Waals surface area contributed by atoms with Crippen LogP contribution in [0.1, 0.15) is 20.7 Å². The minimum absolute atomic E-state index is 0.270. The molecule has 2 heterocycles. The quantitative estimate of drug-likeness (QED) is 0.492. The molecule has 6 nitrogen and oxygen atoms in total. The molecular weight excluding hydrogens is 408 g/mol. The summed E-state index contributed by atoms with van der Waals surface area (Å²) in [6, 6.07) is 18.1. The number of halogens is 1. The van der Waals surface area contributed by atoms with E-state index in [1.807, 2.05) is 30.3 Å². The number of aromatic nitrogens is 2. The standard InChI is InChI=1S/C21H15ClN4O2S/c22-14-8-6-13(7-9-14)18-17(12-26(25-18)15-4-2-1-3-5-15)20(28)24-21-16(19(23)27)10-11-29-21/h1-12H,(H2,23,27)(H,24,28). The second-order valence-corrected chi connectivity index (χ2v) is 7.51. The summed E-state index contributed by atoms with van der Waals surface area (Å²) in [5, 5.41) is 10.1. The van der Waals surface area contributed by atoms with Crippen LogP contribution in [0.25, 0.3) is 16.9 Å². The van der Waals surface area contributed by atoms with Crippen LogP contribution in [-0.4, -0.2) is 21.6 Å². The fourth-order valence-corrected chi connectivity index (χ4v) is 3.76. The Labute approximate surface area is 175 Å². The molecule has 0 saturated carbocycles. The summed E-state index contributed by atoms with van der Waals surface area (Å²) >= 11 is 7.23. The molecule has 0 aliphatic heterocycles. The number of nitrogens with zero attached hydrogens (tertiary/aromatic N) is 2. The number of para-hydroxylation sites is 1. The van der Waals surface area contributed by atoms with Gasteiger partial charge >= 0.3 is 0 Å². The number of carbonyl (C=O) groups is 2. The van der Waals surface area contributed by atoms with Crippen LogP contribution in [0.15, 0.2) is 72.2 Å². The van der Waals surface area contributed by atoms with Gasteiger partial charge in [-0.05, 0) is 35.7 Å². The smallest absolute Gasteiger partial charge is 0.260 e. The second kappa shape index (κ2) is 7.90. The number of amides is 2. The first-order valence-corrected chi connectivity index (χ1v) is 9.88. The normalized spacial score (nSPS) is 10.7. The Kier molecular flexibility index (Phi) is 5.16. The largest absolute Gasteiger partial charge is 0.366 e. The third kappa shape index (κ3) is 3.91. The number of benzene rings is 2. The van der Waals surface area contributed by atoms with Gasteiger partial charge in [0.1, 0.15) is 10.7 Å². The first-order chi connectivity index (χ1) is 14.0. The lowest BCUT2D eigenvalue weighted by atomic mass is 10.1. The van der Waals surface area contributed by atoms with Crippen molar-refractivity contribution in [1.82, 2.24) is 9.78 Å². The van der Waals surface area contributed by atoms with Crippen molar-refractivity contribution in [2.75, 3.05) is 5.32 Å². The highest BCUT2D eigenvalue weighted by atomic mass is 35.5. The SMILES string of the molecule is NC(=O)c1ccsc1NC(=O)c1cn(-c2ccccc2)nc1-c1ccc(Cl)cc1. The highest BCUT2D eigenvalue weighted by Gasteiger charge is 2.21. The fourth-order valence-electron chi connectivity index (χ4n) is 2.84. The van der Waals surface area contributed by atoms with Crippen LogP contribution >= 0.6 is 22.9 Å². The molecule has 2 amide bonds. The molecule has 3 N–H and O–H groups in total. The summed E-state index contributed by atoms with van der Waals surface area (Å²) in [5.41, 5.74) is 8.07. The van der Waals surface area contributed by atoms with E-state index in [1.54, 1.807) is 46.6 Å². The maximum Gasteiger partial charge on any atom is 0.260 e. The lowest BCUT2D eigenvalue weighted by Gasteiger charge is -2.05. The Bertz CT molecular complexity index is 1180. The van der Waals surface area contributed by atoms with E-state index < -0.39 is 5.91 Å². The predicted octanol–water partition coefficient (Wildman–Crippen LogP) is 4.61. The van der Waals surface area contributed by atoms with Gasteiger partial charge in [-0.2, -0.15) is 5.10 Å². The molecule has 0 saturated heterocycles. The van der Waals surface area contributed by atoms with E-state index in [-0.39, 0.29) is 11.5 Å². The maximum atomic E-state index is 13.1. The number of rotatable bonds is 5. The summed E-state index contributed by atoms with van der Waals surface area (Å²) in [5.74, 6) is -0.985. The highest BCUT2D eigenvalue weighted by molar-refractivity contribution is 7.14. The molecule has 8 heteroatoms. The van der Waals surface area contributed by atoms with Gasteiger partial charge in [0.2, 0.25) is 0 Å². The molecule has 2 aromatic carbocycles. The van der Waals surface area contributed by atoms with Gasteiger partial charge in [0.25, 0.3) is 11.8 Å². The molecule has 4 rings (SSSR count). The van der Waals surface area contributed by atoms with Crippen molar-refractivity contribution >= 4 is 39.8 Å². The van der Waals surface area contributed by atoms with E-state index in [0.717, 1.165) is 11.3 Å². The van der Waals surface area contributed by atoms with Gasteiger partial charge in [0.15, 0.2) is 0 Å². The molecule has 0 radical (unpaired) electrons. The average molecular weight is 423 g/mol. The van der Waals surface area contributed by atoms with Crippen molar-refractivity contribution in [2.24, 2.45) is 5.73 Å². The van der Waals surface area contributed by atoms with Gasteiger partial charge in [0, 0.05) is 16.8 Å². The monoisotopic (exact) mass is 422 g/mol. The van der Waals surface area contributed by atoms with Gasteiger partial charge in [-0.25, -0.2) is 4.68 Å². The molecule has 0 unspecified atom stereocenters. The number of carbonyl (C=O) groups excluding carboxylic acids is 2. The Morgan fingerprint density at radius 3 is 2.41 bits per heavy atom. The van der Waals surface area contributed by atoms with Crippen LogP contribution in [0.2, 0.25) is 5.02 Å². The van der Waals surface area contributed by atoms with Crippen LogP contribution < -0.4 is 11.1 Å². The van der Waals surface area contributed by atoms with Crippen molar-refractivity contribution in [2.45, 2.75) is 0 Å². The van der Waals surface area contributed by atoms with Crippen molar-refractivity contribution in [3.63, 3.8) is 0 Å². The van der Waals surface area contributed by atoms with E-state index in [9.17, 15) is 9.59 Å². The number of nitrogens with two attached hydrogens (primary N) is 1. The minimum atomic E-state index is -0.598. The number of anilines is 1. The number of hydrogen-bond donors (Lipinski definition) is 2. The van der Waals surface area contributed by atoms with Crippen LogP contribution in [0.4, 0.5) is 5.00 Å². The lowest BCUT2D eigenvalue weighted by molar-refractivity contribution is 0.100. The molecule has 0 atom stereocenters. The zero-order valence-corrected chi connectivity index (χ0v) is 16.6. The van der Waals surface area contributed by atoms with E-state index in [2.05, 4.69) is 10.4 Å². The zero-order valence-electron chi connectivity index (χ0n) is 15.0. The molecular formula is C21H15ClN4O2S. The van der Waals surface area contributed by atoms with E-state index >= 15 is 0 Å². The van der Waals surface area contributed by atoms with Crippen LogP contribution in [0.3, 0.4) is 0 Å². The van der Waals surface area contributed by atoms with Crippen LogP contribution in [-0.2, 0) is 0 Å². The molecule has 144 valence electrons. The molecule has 0 fully saturated rings. The van der Waals surface area contributed by atoms with Crippen LogP contribution in [0.5, 0.6) is 0 Å². The number of primary amides is 1. The Morgan fingerprint density at radius 1 is 1.00 bits per heavy atom. The molecule has 0 spiro atoms. The lowest BCUT2D eigenvalue weighted by Crippen LogP contribution is -2.16. The third-order valence-electron chi connectivity index (χ3n) is 4.26. The second-order valence-electron chi connectivity index (χ2n) is 6.16. The fraction of sp³-hybridized carbons (Fsp3) is 0. The Balaban J connectivity index is 1.77.